The number of halogens is 2. The molecule has 1 heterocycles. The number of rotatable bonds is 4. The molecule has 5 heteroatoms. The molecule has 100 valence electrons. The van der Waals surface area contributed by atoms with Gasteiger partial charge in [-0.2, -0.15) is 0 Å². The molecule has 18 heavy (non-hydrogen) atoms. The standard InChI is InChI=1S/C13H17Cl2NO2/c1-16-8-9-6-10(14)7-12(15)13(9)18-11-2-4-17-5-3-11/h6-7,11,16H,2-5,8H2,1H3. The van der Waals surface area contributed by atoms with Gasteiger partial charge in [0.1, 0.15) is 11.9 Å². The molecule has 0 radical (unpaired) electrons. The summed E-state index contributed by atoms with van der Waals surface area (Å²) in [6, 6.07) is 3.61. The summed E-state index contributed by atoms with van der Waals surface area (Å²) in [5, 5.41) is 4.29. The molecule has 1 aliphatic rings. The predicted molar refractivity (Wildman–Crippen MR) is 73.7 cm³/mol. The SMILES string of the molecule is CNCc1cc(Cl)cc(Cl)c1OC1CCOCC1. The lowest BCUT2D eigenvalue weighted by Crippen LogP contribution is -2.26. The average Bonchev–Trinajstić information content (AvgIpc) is 2.35. The Labute approximate surface area is 117 Å². The Hall–Kier alpha value is -0.480. The number of nitrogens with one attached hydrogen (secondary N) is 1. The highest BCUT2D eigenvalue weighted by Crippen LogP contribution is 2.34. The van der Waals surface area contributed by atoms with E-state index in [-0.39, 0.29) is 6.10 Å². The lowest BCUT2D eigenvalue weighted by atomic mass is 10.1. The van der Waals surface area contributed by atoms with Gasteiger partial charge in [-0.15, -0.1) is 0 Å². The molecule has 1 fully saturated rings. The van der Waals surface area contributed by atoms with Crippen molar-refractivity contribution < 1.29 is 9.47 Å². The van der Waals surface area contributed by atoms with Gasteiger partial charge in [0.2, 0.25) is 0 Å². The molecule has 1 saturated heterocycles. The molecular formula is C13H17Cl2NO2. The third-order valence-corrected chi connectivity index (χ3v) is 3.40. The maximum Gasteiger partial charge on any atom is 0.142 e. The van der Waals surface area contributed by atoms with Crippen LogP contribution in [0.25, 0.3) is 0 Å². The Morgan fingerprint density at radius 1 is 1.33 bits per heavy atom. The van der Waals surface area contributed by atoms with Crippen LogP contribution in [0.15, 0.2) is 12.1 Å². The fourth-order valence-electron chi connectivity index (χ4n) is 2.03. The van der Waals surface area contributed by atoms with Gasteiger partial charge in [0.25, 0.3) is 0 Å². The molecule has 0 aliphatic carbocycles. The van der Waals surface area contributed by atoms with Crippen molar-refractivity contribution in [1.82, 2.24) is 5.32 Å². The van der Waals surface area contributed by atoms with Gasteiger partial charge in [-0.1, -0.05) is 23.2 Å². The number of benzene rings is 1. The first-order chi connectivity index (χ1) is 8.70. The van der Waals surface area contributed by atoms with E-state index in [9.17, 15) is 0 Å². The van der Waals surface area contributed by atoms with E-state index in [0.29, 0.717) is 16.6 Å². The molecule has 3 nitrogen and oxygen atoms in total. The van der Waals surface area contributed by atoms with E-state index in [2.05, 4.69) is 5.32 Å². The molecule has 1 aromatic carbocycles. The van der Waals surface area contributed by atoms with Gasteiger partial charge in [0.05, 0.1) is 18.2 Å². The van der Waals surface area contributed by atoms with E-state index >= 15 is 0 Å². The number of hydrogen-bond donors (Lipinski definition) is 1. The molecule has 1 aliphatic heterocycles. The van der Waals surface area contributed by atoms with E-state index in [4.69, 9.17) is 32.7 Å². The van der Waals surface area contributed by atoms with Gasteiger partial charge >= 0.3 is 0 Å². The number of hydrogen-bond acceptors (Lipinski definition) is 3. The molecule has 0 spiro atoms. The van der Waals surface area contributed by atoms with Crippen molar-refractivity contribution in [1.29, 1.82) is 0 Å². The molecule has 2 rings (SSSR count). The van der Waals surface area contributed by atoms with Crippen LogP contribution in [0.3, 0.4) is 0 Å². The fraction of sp³-hybridized carbons (Fsp3) is 0.538. The third-order valence-electron chi connectivity index (χ3n) is 2.91. The molecule has 1 aromatic rings. The highest BCUT2D eigenvalue weighted by atomic mass is 35.5. The largest absolute Gasteiger partial charge is 0.488 e. The summed E-state index contributed by atoms with van der Waals surface area (Å²) in [7, 11) is 1.88. The first-order valence-corrected chi connectivity index (χ1v) is 6.83. The van der Waals surface area contributed by atoms with E-state index in [1.54, 1.807) is 6.07 Å². The predicted octanol–water partition coefficient (Wildman–Crippen LogP) is 3.27. The summed E-state index contributed by atoms with van der Waals surface area (Å²) in [6.45, 7) is 2.17. The highest BCUT2D eigenvalue weighted by Gasteiger charge is 2.19. The van der Waals surface area contributed by atoms with E-state index in [1.807, 2.05) is 13.1 Å². The molecular weight excluding hydrogens is 273 g/mol. The Morgan fingerprint density at radius 3 is 2.72 bits per heavy atom. The minimum absolute atomic E-state index is 0.174. The van der Waals surface area contributed by atoms with Crippen LogP contribution in [0.2, 0.25) is 10.0 Å². The lowest BCUT2D eigenvalue weighted by molar-refractivity contribution is 0.0252. The van der Waals surface area contributed by atoms with Crippen LogP contribution in [-0.4, -0.2) is 26.4 Å². The van der Waals surface area contributed by atoms with Gasteiger partial charge in [-0.25, -0.2) is 0 Å². The molecule has 0 saturated carbocycles. The highest BCUT2D eigenvalue weighted by molar-refractivity contribution is 6.35. The maximum absolute atomic E-state index is 6.22. The van der Waals surface area contributed by atoms with Gasteiger partial charge in [0.15, 0.2) is 0 Å². The Kier molecular flexibility index (Phi) is 5.13. The zero-order valence-corrected chi connectivity index (χ0v) is 11.9. The number of ether oxygens (including phenoxy) is 2. The summed E-state index contributed by atoms with van der Waals surface area (Å²) in [5.41, 5.74) is 0.987. The van der Waals surface area contributed by atoms with Crippen LogP contribution < -0.4 is 10.1 Å². The molecule has 0 atom stereocenters. The Morgan fingerprint density at radius 2 is 2.06 bits per heavy atom. The van der Waals surface area contributed by atoms with Crippen molar-refractivity contribution in [2.45, 2.75) is 25.5 Å². The summed E-state index contributed by atoms with van der Waals surface area (Å²) in [5.74, 6) is 0.738. The molecule has 0 bridgehead atoms. The Balaban J connectivity index is 2.18. The molecule has 0 aromatic heterocycles. The summed E-state index contributed by atoms with van der Waals surface area (Å²) < 4.78 is 11.3. The zero-order chi connectivity index (χ0) is 13.0. The summed E-state index contributed by atoms with van der Waals surface area (Å²) in [4.78, 5) is 0. The Bertz CT molecular complexity index is 406. The van der Waals surface area contributed by atoms with Crippen molar-refractivity contribution >= 4 is 23.2 Å². The minimum Gasteiger partial charge on any atom is -0.488 e. The third kappa shape index (κ3) is 3.51. The van der Waals surface area contributed by atoms with Crippen LogP contribution in [-0.2, 0) is 11.3 Å². The second-order valence-corrected chi connectivity index (χ2v) is 5.18. The first kappa shape index (κ1) is 13.9. The van der Waals surface area contributed by atoms with Crippen molar-refractivity contribution in [3.05, 3.63) is 27.7 Å². The minimum atomic E-state index is 0.174. The first-order valence-electron chi connectivity index (χ1n) is 6.07. The van der Waals surface area contributed by atoms with E-state index in [0.717, 1.165) is 37.4 Å². The molecule has 1 N–H and O–H groups in total. The van der Waals surface area contributed by atoms with Crippen LogP contribution in [0.4, 0.5) is 0 Å². The molecule has 0 unspecified atom stereocenters. The van der Waals surface area contributed by atoms with E-state index < -0.39 is 0 Å². The van der Waals surface area contributed by atoms with Crippen molar-refractivity contribution in [2.75, 3.05) is 20.3 Å². The van der Waals surface area contributed by atoms with Gasteiger partial charge in [-0.3, -0.25) is 0 Å². The van der Waals surface area contributed by atoms with Crippen LogP contribution in [0.5, 0.6) is 5.75 Å². The zero-order valence-electron chi connectivity index (χ0n) is 10.3. The monoisotopic (exact) mass is 289 g/mol. The quantitative estimate of drug-likeness (QED) is 0.923. The fourth-order valence-corrected chi connectivity index (χ4v) is 2.61. The lowest BCUT2D eigenvalue weighted by Gasteiger charge is -2.25. The summed E-state index contributed by atoms with van der Waals surface area (Å²) >= 11 is 12.2. The van der Waals surface area contributed by atoms with Crippen molar-refractivity contribution in [2.24, 2.45) is 0 Å². The van der Waals surface area contributed by atoms with E-state index in [1.165, 1.54) is 0 Å². The second-order valence-electron chi connectivity index (χ2n) is 4.34. The normalized spacial score (nSPS) is 16.8. The van der Waals surface area contributed by atoms with Gasteiger partial charge < -0.3 is 14.8 Å². The van der Waals surface area contributed by atoms with Crippen LogP contribution in [0.1, 0.15) is 18.4 Å². The smallest absolute Gasteiger partial charge is 0.142 e. The van der Waals surface area contributed by atoms with Crippen LogP contribution >= 0.6 is 23.2 Å². The van der Waals surface area contributed by atoms with Crippen LogP contribution in [0, 0.1) is 0 Å². The maximum atomic E-state index is 6.22. The molecule has 0 amide bonds. The van der Waals surface area contributed by atoms with Crippen molar-refractivity contribution in [3.8, 4) is 5.75 Å². The van der Waals surface area contributed by atoms with Crippen molar-refractivity contribution in [3.63, 3.8) is 0 Å². The second kappa shape index (κ2) is 6.62. The topological polar surface area (TPSA) is 30.5 Å². The summed E-state index contributed by atoms with van der Waals surface area (Å²) in [6.07, 6.45) is 1.98. The van der Waals surface area contributed by atoms with Gasteiger partial charge in [-0.05, 0) is 19.2 Å². The van der Waals surface area contributed by atoms with Gasteiger partial charge in [0, 0.05) is 30.0 Å². The average molecular weight is 290 g/mol.